The monoisotopic (exact) mass is 311 g/mol. The van der Waals surface area contributed by atoms with E-state index in [9.17, 15) is 0 Å². The second-order valence-electron chi connectivity index (χ2n) is 4.46. The van der Waals surface area contributed by atoms with Crippen LogP contribution in [-0.2, 0) is 0 Å². The fourth-order valence-corrected chi connectivity index (χ4v) is 2.09. The van der Waals surface area contributed by atoms with Gasteiger partial charge in [0.2, 0.25) is 0 Å². The van der Waals surface area contributed by atoms with Crippen LogP contribution in [-0.4, -0.2) is 17.1 Å². The largest absolute Gasteiger partial charge is 0.497 e. The van der Waals surface area contributed by atoms with Crippen LogP contribution >= 0.6 is 12.4 Å². The number of methoxy groups -OCH3 is 1. The van der Waals surface area contributed by atoms with Crippen LogP contribution in [0.15, 0.2) is 48.8 Å². The number of nitrogens with one attached hydrogen (secondary N) is 1. The van der Waals surface area contributed by atoms with E-state index in [0.717, 1.165) is 27.9 Å². The molecule has 0 aliphatic rings. The predicted molar refractivity (Wildman–Crippen MR) is 91.0 cm³/mol. The lowest BCUT2D eigenvalue weighted by molar-refractivity contribution is 0.415. The van der Waals surface area contributed by atoms with Crippen molar-refractivity contribution in [3.8, 4) is 18.1 Å². The number of terminal acetylenes is 1. The van der Waals surface area contributed by atoms with E-state index in [0.29, 0.717) is 5.82 Å². The van der Waals surface area contributed by atoms with Gasteiger partial charge in [0, 0.05) is 16.6 Å². The zero-order valence-corrected chi connectivity index (χ0v) is 12.7. The number of ether oxygens (including phenoxy) is 1. The highest BCUT2D eigenvalue weighted by atomic mass is 35.5. The van der Waals surface area contributed by atoms with Gasteiger partial charge in [-0.25, -0.2) is 9.97 Å². The molecule has 3 aromatic rings. The molecule has 0 amide bonds. The van der Waals surface area contributed by atoms with Crippen molar-refractivity contribution in [1.82, 2.24) is 9.97 Å². The summed E-state index contributed by atoms with van der Waals surface area (Å²) in [6.07, 6.45) is 6.95. The van der Waals surface area contributed by atoms with Crippen molar-refractivity contribution in [2.24, 2.45) is 0 Å². The molecule has 2 aromatic carbocycles. The minimum absolute atomic E-state index is 0. The molecule has 1 N–H and O–H groups in total. The number of halogens is 1. The summed E-state index contributed by atoms with van der Waals surface area (Å²) in [4.78, 5) is 8.56. The molecule has 0 radical (unpaired) electrons. The van der Waals surface area contributed by atoms with Crippen LogP contribution in [0.2, 0.25) is 0 Å². The van der Waals surface area contributed by atoms with E-state index in [1.807, 2.05) is 42.5 Å². The summed E-state index contributed by atoms with van der Waals surface area (Å²) in [7, 11) is 1.63. The molecule has 0 spiro atoms. The topological polar surface area (TPSA) is 47.0 Å². The standard InChI is InChI=1S/C17H13N3O.ClH/c1-3-12-5-4-6-13(9-12)20-17-15-10-14(21-2)7-8-16(15)18-11-19-17;/h1,4-11H,2H3,(H,18,19,20);1H. The van der Waals surface area contributed by atoms with E-state index in [4.69, 9.17) is 11.2 Å². The smallest absolute Gasteiger partial charge is 0.141 e. The quantitative estimate of drug-likeness (QED) is 0.748. The van der Waals surface area contributed by atoms with Crippen molar-refractivity contribution in [3.63, 3.8) is 0 Å². The summed E-state index contributed by atoms with van der Waals surface area (Å²) < 4.78 is 5.25. The first-order chi connectivity index (χ1) is 10.3. The van der Waals surface area contributed by atoms with Gasteiger partial charge >= 0.3 is 0 Å². The zero-order valence-electron chi connectivity index (χ0n) is 11.9. The maximum Gasteiger partial charge on any atom is 0.141 e. The molecule has 1 heterocycles. The van der Waals surface area contributed by atoms with Crippen LogP contribution in [0.1, 0.15) is 5.56 Å². The van der Waals surface area contributed by atoms with Gasteiger partial charge in [-0.05, 0) is 36.4 Å². The Balaban J connectivity index is 0.00000176. The third-order valence-electron chi connectivity index (χ3n) is 3.13. The van der Waals surface area contributed by atoms with Crippen molar-refractivity contribution in [3.05, 3.63) is 54.4 Å². The molecule has 0 saturated heterocycles. The lowest BCUT2D eigenvalue weighted by Crippen LogP contribution is -1.96. The van der Waals surface area contributed by atoms with Gasteiger partial charge in [-0.1, -0.05) is 12.0 Å². The Labute approximate surface area is 135 Å². The Morgan fingerprint density at radius 1 is 1.14 bits per heavy atom. The van der Waals surface area contributed by atoms with Crippen LogP contribution in [0.3, 0.4) is 0 Å². The van der Waals surface area contributed by atoms with E-state index in [1.165, 1.54) is 6.33 Å². The number of rotatable bonds is 3. The van der Waals surface area contributed by atoms with Crippen LogP contribution in [0.25, 0.3) is 10.9 Å². The number of aromatic nitrogens is 2. The first-order valence-electron chi connectivity index (χ1n) is 6.42. The van der Waals surface area contributed by atoms with Gasteiger partial charge in [-0.15, -0.1) is 18.8 Å². The summed E-state index contributed by atoms with van der Waals surface area (Å²) in [6.45, 7) is 0. The maximum atomic E-state index is 5.42. The van der Waals surface area contributed by atoms with E-state index in [-0.39, 0.29) is 12.4 Å². The van der Waals surface area contributed by atoms with Crippen molar-refractivity contribution < 1.29 is 4.74 Å². The second kappa shape index (κ2) is 6.79. The van der Waals surface area contributed by atoms with E-state index >= 15 is 0 Å². The van der Waals surface area contributed by atoms with Crippen LogP contribution in [0, 0.1) is 12.3 Å². The molecule has 1 aromatic heterocycles. The molecule has 0 unspecified atom stereocenters. The number of anilines is 2. The highest BCUT2D eigenvalue weighted by Gasteiger charge is 2.06. The van der Waals surface area contributed by atoms with Crippen LogP contribution in [0.4, 0.5) is 11.5 Å². The predicted octanol–water partition coefficient (Wildman–Crippen LogP) is 3.79. The lowest BCUT2D eigenvalue weighted by Gasteiger charge is -2.09. The highest BCUT2D eigenvalue weighted by molar-refractivity contribution is 5.91. The Morgan fingerprint density at radius 2 is 2.00 bits per heavy atom. The van der Waals surface area contributed by atoms with Crippen LogP contribution < -0.4 is 10.1 Å². The minimum atomic E-state index is 0. The zero-order chi connectivity index (χ0) is 14.7. The Morgan fingerprint density at radius 3 is 2.77 bits per heavy atom. The van der Waals surface area contributed by atoms with Gasteiger partial charge in [0.1, 0.15) is 17.9 Å². The first-order valence-corrected chi connectivity index (χ1v) is 6.42. The molecule has 5 heteroatoms. The highest BCUT2D eigenvalue weighted by Crippen LogP contribution is 2.26. The van der Waals surface area contributed by atoms with Gasteiger partial charge in [-0.3, -0.25) is 0 Å². The summed E-state index contributed by atoms with van der Waals surface area (Å²) in [6, 6.07) is 13.3. The average Bonchev–Trinajstić information content (AvgIpc) is 2.55. The molecule has 0 aliphatic heterocycles. The Bertz CT molecular complexity index is 843. The minimum Gasteiger partial charge on any atom is -0.497 e. The number of hydrogen-bond acceptors (Lipinski definition) is 4. The van der Waals surface area contributed by atoms with Gasteiger partial charge in [0.25, 0.3) is 0 Å². The molecular weight excluding hydrogens is 298 g/mol. The van der Waals surface area contributed by atoms with Crippen molar-refractivity contribution in [2.75, 3.05) is 12.4 Å². The molecule has 0 fully saturated rings. The third-order valence-corrected chi connectivity index (χ3v) is 3.13. The molecule has 22 heavy (non-hydrogen) atoms. The SMILES string of the molecule is C#Cc1cccc(Nc2ncnc3ccc(OC)cc23)c1.Cl. The van der Waals surface area contributed by atoms with Crippen molar-refractivity contribution in [1.29, 1.82) is 0 Å². The maximum absolute atomic E-state index is 5.42. The first kappa shape index (κ1) is 15.6. The van der Waals surface area contributed by atoms with Gasteiger partial charge in [0.05, 0.1) is 12.6 Å². The second-order valence-corrected chi connectivity index (χ2v) is 4.46. The number of nitrogens with zero attached hydrogens (tertiary/aromatic N) is 2. The third kappa shape index (κ3) is 3.11. The number of hydrogen-bond donors (Lipinski definition) is 1. The molecular formula is C17H14ClN3O. The lowest BCUT2D eigenvalue weighted by atomic mass is 10.2. The van der Waals surface area contributed by atoms with Crippen molar-refractivity contribution >= 4 is 34.8 Å². The molecule has 4 nitrogen and oxygen atoms in total. The van der Waals surface area contributed by atoms with Crippen molar-refractivity contribution in [2.45, 2.75) is 0 Å². The van der Waals surface area contributed by atoms with Crippen LogP contribution in [0.5, 0.6) is 5.75 Å². The fourth-order valence-electron chi connectivity index (χ4n) is 2.09. The molecule has 0 saturated carbocycles. The molecule has 0 bridgehead atoms. The Kier molecular flexibility index (Phi) is 4.82. The van der Waals surface area contributed by atoms with Gasteiger partial charge in [-0.2, -0.15) is 0 Å². The number of benzene rings is 2. The summed E-state index contributed by atoms with van der Waals surface area (Å²) >= 11 is 0. The molecule has 110 valence electrons. The van der Waals surface area contributed by atoms with E-state index < -0.39 is 0 Å². The molecule has 3 rings (SSSR count). The number of fused-ring (bicyclic) bond motifs is 1. The Hall–Kier alpha value is -2.77. The van der Waals surface area contributed by atoms with E-state index in [2.05, 4.69) is 21.2 Å². The normalized spacial score (nSPS) is 9.64. The molecule has 0 aliphatic carbocycles. The molecule has 0 atom stereocenters. The summed E-state index contributed by atoms with van der Waals surface area (Å²) in [5.74, 6) is 4.09. The fraction of sp³-hybridized carbons (Fsp3) is 0.0588. The average molecular weight is 312 g/mol. The van der Waals surface area contributed by atoms with E-state index in [1.54, 1.807) is 7.11 Å². The van der Waals surface area contributed by atoms with Gasteiger partial charge < -0.3 is 10.1 Å². The van der Waals surface area contributed by atoms with Gasteiger partial charge in [0.15, 0.2) is 0 Å². The summed E-state index contributed by atoms with van der Waals surface area (Å²) in [5, 5.41) is 4.16. The summed E-state index contributed by atoms with van der Waals surface area (Å²) in [5.41, 5.74) is 2.55.